The van der Waals surface area contributed by atoms with E-state index in [2.05, 4.69) is 47.8 Å². The van der Waals surface area contributed by atoms with E-state index < -0.39 is 0 Å². The summed E-state index contributed by atoms with van der Waals surface area (Å²) in [5, 5.41) is 9.92. The molecule has 27 heavy (non-hydrogen) atoms. The Labute approximate surface area is 166 Å². The Bertz CT molecular complexity index is 752. The van der Waals surface area contributed by atoms with Gasteiger partial charge in [-0.15, -0.1) is 11.3 Å². The second kappa shape index (κ2) is 9.74. The quantitative estimate of drug-likeness (QED) is 0.520. The van der Waals surface area contributed by atoms with Crippen molar-refractivity contribution in [2.45, 2.75) is 65.1 Å². The van der Waals surface area contributed by atoms with Gasteiger partial charge in [0.15, 0.2) is 5.96 Å². The number of nitrogens with one attached hydrogen (secondary N) is 2. The summed E-state index contributed by atoms with van der Waals surface area (Å²) in [6.45, 7) is 8.50. The highest BCUT2D eigenvalue weighted by Crippen LogP contribution is 2.27. The smallest absolute Gasteiger partial charge is 0.191 e. The van der Waals surface area contributed by atoms with E-state index in [0.29, 0.717) is 25.1 Å². The normalized spacial score (nSPS) is 14.9. The lowest BCUT2D eigenvalue weighted by molar-refractivity contribution is 0.119. The van der Waals surface area contributed by atoms with Crippen LogP contribution in [0.4, 0.5) is 0 Å². The summed E-state index contributed by atoms with van der Waals surface area (Å²) in [6.07, 6.45) is 3.97. The van der Waals surface area contributed by atoms with Gasteiger partial charge in [-0.3, -0.25) is 0 Å². The summed E-state index contributed by atoms with van der Waals surface area (Å²) in [5.74, 6) is 2.23. The van der Waals surface area contributed by atoms with Crippen LogP contribution in [-0.2, 0) is 13.1 Å². The molecule has 1 aliphatic rings. The van der Waals surface area contributed by atoms with Crippen molar-refractivity contribution in [2.24, 2.45) is 4.99 Å². The van der Waals surface area contributed by atoms with Crippen LogP contribution in [-0.4, -0.2) is 23.6 Å². The summed E-state index contributed by atoms with van der Waals surface area (Å²) in [6, 6.07) is 8.21. The van der Waals surface area contributed by atoms with Crippen molar-refractivity contribution in [3.63, 3.8) is 0 Å². The molecule has 0 atom stereocenters. The van der Waals surface area contributed by atoms with Gasteiger partial charge in [0.05, 0.1) is 24.9 Å². The first-order valence-electron chi connectivity index (χ1n) is 9.86. The number of benzene rings is 1. The van der Waals surface area contributed by atoms with Gasteiger partial charge in [0.25, 0.3) is 0 Å². The zero-order chi connectivity index (χ0) is 19.1. The fourth-order valence-electron chi connectivity index (χ4n) is 2.75. The molecule has 3 rings (SSSR count). The SMILES string of the molecule is CCNC(=NCc1ccccc1OC1CCC1)NCc1nc(C(C)C)cs1. The number of guanidine groups is 1. The van der Waals surface area contributed by atoms with Gasteiger partial charge in [0.1, 0.15) is 10.8 Å². The van der Waals surface area contributed by atoms with E-state index in [1.54, 1.807) is 11.3 Å². The molecule has 5 nitrogen and oxygen atoms in total. The van der Waals surface area contributed by atoms with Crippen LogP contribution in [0, 0.1) is 0 Å². The number of ether oxygens (including phenoxy) is 1. The minimum atomic E-state index is 0.376. The van der Waals surface area contributed by atoms with Crippen LogP contribution in [0.5, 0.6) is 5.75 Å². The predicted molar refractivity (Wildman–Crippen MR) is 113 cm³/mol. The Morgan fingerprint density at radius 3 is 2.78 bits per heavy atom. The van der Waals surface area contributed by atoms with Crippen LogP contribution in [0.1, 0.15) is 62.2 Å². The molecule has 2 aromatic rings. The topological polar surface area (TPSA) is 58.5 Å². The molecule has 1 aromatic heterocycles. The van der Waals surface area contributed by atoms with Crippen LogP contribution in [0.3, 0.4) is 0 Å². The van der Waals surface area contributed by atoms with Crippen LogP contribution in [0.15, 0.2) is 34.6 Å². The van der Waals surface area contributed by atoms with Crippen molar-refractivity contribution < 1.29 is 4.74 Å². The number of hydrogen-bond acceptors (Lipinski definition) is 4. The summed E-state index contributed by atoms with van der Waals surface area (Å²) >= 11 is 1.69. The number of hydrogen-bond donors (Lipinski definition) is 2. The Morgan fingerprint density at radius 2 is 2.11 bits per heavy atom. The van der Waals surface area contributed by atoms with Gasteiger partial charge in [-0.05, 0) is 38.2 Å². The van der Waals surface area contributed by atoms with E-state index in [1.165, 1.54) is 6.42 Å². The van der Waals surface area contributed by atoms with Crippen LogP contribution >= 0.6 is 11.3 Å². The molecule has 0 unspecified atom stereocenters. The van der Waals surface area contributed by atoms with Crippen molar-refractivity contribution >= 4 is 17.3 Å². The van der Waals surface area contributed by atoms with Crippen LogP contribution in [0.2, 0.25) is 0 Å². The Kier molecular flexibility index (Phi) is 7.10. The molecule has 1 heterocycles. The predicted octanol–water partition coefficient (Wildman–Crippen LogP) is 4.45. The van der Waals surface area contributed by atoms with E-state index in [9.17, 15) is 0 Å². The van der Waals surface area contributed by atoms with Crippen molar-refractivity contribution in [2.75, 3.05) is 6.54 Å². The molecule has 146 valence electrons. The summed E-state index contributed by atoms with van der Waals surface area (Å²) < 4.78 is 6.11. The third kappa shape index (κ3) is 5.70. The average molecular weight is 387 g/mol. The maximum Gasteiger partial charge on any atom is 0.191 e. The van der Waals surface area contributed by atoms with Gasteiger partial charge in [0.2, 0.25) is 0 Å². The first-order chi connectivity index (χ1) is 13.2. The van der Waals surface area contributed by atoms with Gasteiger partial charge in [-0.25, -0.2) is 9.98 Å². The monoisotopic (exact) mass is 386 g/mol. The molecule has 0 radical (unpaired) electrons. The second-order valence-corrected chi connectivity index (χ2v) is 8.09. The Balaban J connectivity index is 1.61. The summed E-state index contributed by atoms with van der Waals surface area (Å²) in [7, 11) is 0. The molecule has 0 amide bonds. The third-order valence-electron chi connectivity index (χ3n) is 4.64. The van der Waals surface area contributed by atoms with Gasteiger partial charge in [-0.2, -0.15) is 0 Å². The van der Waals surface area contributed by atoms with Gasteiger partial charge in [0, 0.05) is 17.5 Å². The average Bonchev–Trinajstić information content (AvgIpc) is 3.11. The molecule has 1 aromatic carbocycles. The lowest BCUT2D eigenvalue weighted by Gasteiger charge is -2.27. The highest BCUT2D eigenvalue weighted by atomic mass is 32.1. The highest BCUT2D eigenvalue weighted by Gasteiger charge is 2.20. The number of para-hydroxylation sites is 1. The zero-order valence-electron chi connectivity index (χ0n) is 16.5. The van der Waals surface area contributed by atoms with Crippen molar-refractivity contribution in [1.29, 1.82) is 0 Å². The van der Waals surface area contributed by atoms with Gasteiger partial charge >= 0.3 is 0 Å². The standard InChI is InChI=1S/C21H30N4OS/c1-4-22-21(24-13-20-25-18(14-27-20)15(2)3)23-12-16-8-5-6-11-19(16)26-17-9-7-10-17/h5-6,8,11,14-15,17H,4,7,9-10,12-13H2,1-3H3,(H2,22,23,24). The first-order valence-corrected chi connectivity index (χ1v) is 10.7. The largest absolute Gasteiger partial charge is 0.490 e. The Hall–Kier alpha value is -2.08. The molecule has 0 bridgehead atoms. The molecule has 1 saturated carbocycles. The molecule has 6 heteroatoms. The van der Waals surface area contributed by atoms with Crippen molar-refractivity contribution in [3.8, 4) is 5.75 Å². The summed E-state index contributed by atoms with van der Waals surface area (Å²) in [4.78, 5) is 9.42. The zero-order valence-corrected chi connectivity index (χ0v) is 17.3. The van der Waals surface area contributed by atoms with Crippen LogP contribution in [0.25, 0.3) is 0 Å². The fraction of sp³-hybridized carbons (Fsp3) is 0.524. The van der Waals surface area contributed by atoms with E-state index >= 15 is 0 Å². The molecule has 1 fully saturated rings. The maximum absolute atomic E-state index is 6.11. The van der Waals surface area contributed by atoms with Gasteiger partial charge < -0.3 is 15.4 Å². The van der Waals surface area contributed by atoms with Crippen LogP contribution < -0.4 is 15.4 Å². The van der Waals surface area contributed by atoms with Crippen molar-refractivity contribution in [1.82, 2.24) is 15.6 Å². The molecule has 0 aliphatic heterocycles. The molecule has 0 saturated heterocycles. The second-order valence-electron chi connectivity index (χ2n) is 7.15. The fourth-order valence-corrected chi connectivity index (χ4v) is 3.65. The molecular formula is C21H30N4OS. The number of aromatic nitrogens is 1. The lowest BCUT2D eigenvalue weighted by atomic mass is 9.96. The van der Waals surface area contributed by atoms with Gasteiger partial charge in [-0.1, -0.05) is 32.0 Å². The van der Waals surface area contributed by atoms with E-state index in [-0.39, 0.29) is 0 Å². The third-order valence-corrected chi connectivity index (χ3v) is 5.51. The highest BCUT2D eigenvalue weighted by molar-refractivity contribution is 7.09. The minimum absolute atomic E-state index is 0.376. The first kappa shape index (κ1) is 19.7. The van der Waals surface area contributed by atoms with E-state index in [0.717, 1.165) is 47.4 Å². The number of aliphatic imine (C=N–C) groups is 1. The van der Waals surface area contributed by atoms with E-state index in [4.69, 9.17) is 9.73 Å². The number of nitrogens with zero attached hydrogens (tertiary/aromatic N) is 2. The minimum Gasteiger partial charge on any atom is -0.490 e. The summed E-state index contributed by atoms with van der Waals surface area (Å²) in [5.41, 5.74) is 2.28. The Morgan fingerprint density at radius 1 is 1.30 bits per heavy atom. The number of rotatable bonds is 8. The maximum atomic E-state index is 6.11. The molecule has 0 spiro atoms. The molecule has 2 N–H and O–H groups in total. The lowest BCUT2D eigenvalue weighted by Crippen LogP contribution is -2.36. The molecule has 1 aliphatic carbocycles. The van der Waals surface area contributed by atoms with E-state index in [1.807, 2.05) is 18.2 Å². The molecular weight excluding hydrogens is 356 g/mol. The number of thiazole rings is 1. The van der Waals surface area contributed by atoms with Crippen molar-refractivity contribution in [3.05, 3.63) is 45.9 Å².